The van der Waals surface area contributed by atoms with Gasteiger partial charge in [-0.05, 0) is 25.8 Å². The Morgan fingerprint density at radius 1 is 1.47 bits per heavy atom. The third kappa shape index (κ3) is 1.77. The van der Waals surface area contributed by atoms with Gasteiger partial charge in [0.15, 0.2) is 5.65 Å². The average Bonchev–Trinajstić information content (AvgIpc) is 2.71. The van der Waals surface area contributed by atoms with Crippen LogP contribution in [0.2, 0.25) is 0 Å². The minimum absolute atomic E-state index is 0.606. The SMILES string of the molecule is CCc1cnc2c(C(C)(C)C(=O)O)cnn2c1. The van der Waals surface area contributed by atoms with E-state index in [1.807, 2.05) is 13.1 Å². The summed E-state index contributed by atoms with van der Waals surface area (Å²) in [7, 11) is 0. The lowest BCUT2D eigenvalue weighted by Crippen LogP contribution is -2.28. The predicted octanol–water partition coefficient (Wildman–Crippen LogP) is 1.65. The van der Waals surface area contributed by atoms with Crippen LogP contribution in [0, 0.1) is 0 Å². The van der Waals surface area contributed by atoms with Gasteiger partial charge in [0.05, 0.1) is 11.6 Å². The number of nitrogens with zero attached hydrogens (tertiary/aromatic N) is 3. The molecule has 0 radical (unpaired) electrons. The van der Waals surface area contributed by atoms with Crippen LogP contribution in [0.4, 0.5) is 0 Å². The summed E-state index contributed by atoms with van der Waals surface area (Å²) in [5.74, 6) is -0.881. The summed E-state index contributed by atoms with van der Waals surface area (Å²) in [6.45, 7) is 5.35. The number of carboxylic acid groups (broad SMARTS) is 1. The molecule has 0 aliphatic carbocycles. The van der Waals surface area contributed by atoms with Crippen molar-refractivity contribution in [3.63, 3.8) is 0 Å². The van der Waals surface area contributed by atoms with E-state index in [1.54, 1.807) is 30.8 Å². The molecule has 0 amide bonds. The summed E-state index contributed by atoms with van der Waals surface area (Å²) in [4.78, 5) is 15.5. The minimum atomic E-state index is -0.984. The van der Waals surface area contributed by atoms with E-state index in [9.17, 15) is 9.90 Å². The van der Waals surface area contributed by atoms with Crippen LogP contribution in [0.1, 0.15) is 31.9 Å². The third-order valence-corrected chi connectivity index (χ3v) is 3.03. The van der Waals surface area contributed by atoms with Gasteiger partial charge in [0, 0.05) is 18.0 Å². The van der Waals surface area contributed by atoms with E-state index < -0.39 is 11.4 Å². The molecule has 5 nitrogen and oxygen atoms in total. The number of aliphatic carboxylic acids is 1. The van der Waals surface area contributed by atoms with Crippen LogP contribution in [-0.4, -0.2) is 25.7 Å². The highest BCUT2D eigenvalue weighted by molar-refractivity contribution is 5.82. The topological polar surface area (TPSA) is 67.5 Å². The summed E-state index contributed by atoms with van der Waals surface area (Å²) in [6.07, 6.45) is 6.10. The summed E-state index contributed by atoms with van der Waals surface area (Å²) in [5.41, 5.74) is 1.32. The molecule has 0 bridgehead atoms. The minimum Gasteiger partial charge on any atom is -0.481 e. The van der Waals surface area contributed by atoms with Crippen LogP contribution < -0.4 is 0 Å². The summed E-state index contributed by atoms with van der Waals surface area (Å²) >= 11 is 0. The molecule has 2 rings (SSSR count). The van der Waals surface area contributed by atoms with Crippen molar-refractivity contribution in [3.8, 4) is 0 Å². The molecule has 1 N–H and O–H groups in total. The Balaban J connectivity index is 2.61. The Hall–Kier alpha value is -1.91. The van der Waals surface area contributed by atoms with Crippen molar-refractivity contribution < 1.29 is 9.90 Å². The molecule has 0 atom stereocenters. The maximum atomic E-state index is 11.2. The molecule has 0 saturated heterocycles. The van der Waals surface area contributed by atoms with Gasteiger partial charge >= 0.3 is 5.97 Å². The van der Waals surface area contributed by atoms with Crippen LogP contribution in [0.5, 0.6) is 0 Å². The molecule has 0 aromatic carbocycles. The van der Waals surface area contributed by atoms with E-state index in [4.69, 9.17) is 0 Å². The largest absolute Gasteiger partial charge is 0.481 e. The molecule has 0 fully saturated rings. The first-order chi connectivity index (χ1) is 7.96. The van der Waals surface area contributed by atoms with Gasteiger partial charge in [-0.3, -0.25) is 4.79 Å². The third-order valence-electron chi connectivity index (χ3n) is 3.03. The highest BCUT2D eigenvalue weighted by Gasteiger charge is 2.33. The molecular weight excluding hydrogens is 218 g/mol. The molecular formula is C12H15N3O2. The van der Waals surface area contributed by atoms with Crippen LogP contribution >= 0.6 is 0 Å². The monoisotopic (exact) mass is 233 g/mol. The summed E-state index contributed by atoms with van der Waals surface area (Å²) in [6, 6.07) is 0. The molecule has 0 spiro atoms. The Morgan fingerprint density at radius 3 is 2.76 bits per heavy atom. The molecule has 2 aromatic rings. The Labute approximate surface area is 99.1 Å². The van der Waals surface area contributed by atoms with Gasteiger partial charge < -0.3 is 5.11 Å². The molecule has 0 unspecified atom stereocenters. The van der Waals surface area contributed by atoms with Gasteiger partial charge in [-0.25, -0.2) is 9.50 Å². The second kappa shape index (κ2) is 3.84. The van der Waals surface area contributed by atoms with Crippen molar-refractivity contribution in [1.29, 1.82) is 0 Å². The molecule has 0 saturated carbocycles. The first-order valence-corrected chi connectivity index (χ1v) is 5.53. The van der Waals surface area contributed by atoms with Gasteiger partial charge in [-0.1, -0.05) is 6.92 Å². The van der Waals surface area contributed by atoms with E-state index in [1.165, 1.54) is 0 Å². The van der Waals surface area contributed by atoms with E-state index in [2.05, 4.69) is 10.1 Å². The fraction of sp³-hybridized carbons (Fsp3) is 0.417. The van der Waals surface area contributed by atoms with Crippen molar-refractivity contribution in [1.82, 2.24) is 14.6 Å². The number of fused-ring (bicyclic) bond motifs is 1. The molecule has 2 aromatic heterocycles. The van der Waals surface area contributed by atoms with Gasteiger partial charge in [-0.15, -0.1) is 0 Å². The zero-order chi connectivity index (χ0) is 12.6. The first-order valence-electron chi connectivity index (χ1n) is 5.53. The maximum Gasteiger partial charge on any atom is 0.313 e. The number of aromatic nitrogens is 3. The van der Waals surface area contributed by atoms with Crippen molar-refractivity contribution >= 4 is 11.6 Å². The van der Waals surface area contributed by atoms with Crippen molar-refractivity contribution in [2.24, 2.45) is 0 Å². The molecule has 2 heterocycles. The number of hydrogen-bond donors (Lipinski definition) is 1. The lowest BCUT2D eigenvalue weighted by Gasteiger charge is -2.17. The zero-order valence-electron chi connectivity index (χ0n) is 10.1. The molecule has 0 aliphatic heterocycles. The highest BCUT2D eigenvalue weighted by Crippen LogP contribution is 2.26. The number of rotatable bonds is 3. The van der Waals surface area contributed by atoms with Crippen LogP contribution in [0.25, 0.3) is 5.65 Å². The van der Waals surface area contributed by atoms with Crippen molar-refractivity contribution in [2.75, 3.05) is 0 Å². The number of carbonyl (C=O) groups is 1. The first kappa shape index (κ1) is 11.6. The van der Waals surface area contributed by atoms with Crippen molar-refractivity contribution in [2.45, 2.75) is 32.6 Å². The van der Waals surface area contributed by atoms with E-state index in [0.29, 0.717) is 11.2 Å². The van der Waals surface area contributed by atoms with Gasteiger partial charge in [0.2, 0.25) is 0 Å². The summed E-state index contributed by atoms with van der Waals surface area (Å²) in [5, 5.41) is 13.4. The lowest BCUT2D eigenvalue weighted by atomic mass is 9.86. The zero-order valence-corrected chi connectivity index (χ0v) is 10.1. The van der Waals surface area contributed by atoms with Crippen LogP contribution in [0.3, 0.4) is 0 Å². The van der Waals surface area contributed by atoms with Gasteiger partial charge in [0.1, 0.15) is 0 Å². The summed E-state index contributed by atoms with van der Waals surface area (Å²) < 4.78 is 1.64. The van der Waals surface area contributed by atoms with Crippen molar-refractivity contribution in [3.05, 3.63) is 29.7 Å². The fourth-order valence-electron chi connectivity index (χ4n) is 1.65. The quantitative estimate of drug-likeness (QED) is 0.875. The Bertz CT molecular complexity index is 572. The number of aryl methyl sites for hydroxylation is 1. The number of hydrogen-bond acceptors (Lipinski definition) is 3. The lowest BCUT2D eigenvalue weighted by molar-refractivity contribution is -0.142. The number of carboxylic acids is 1. The maximum absolute atomic E-state index is 11.2. The molecule has 0 aliphatic rings. The molecule has 5 heteroatoms. The van der Waals surface area contributed by atoms with E-state index in [-0.39, 0.29) is 0 Å². The van der Waals surface area contributed by atoms with Crippen LogP contribution in [0.15, 0.2) is 18.6 Å². The smallest absolute Gasteiger partial charge is 0.313 e. The van der Waals surface area contributed by atoms with Gasteiger partial charge in [-0.2, -0.15) is 5.10 Å². The molecule has 90 valence electrons. The second-order valence-electron chi connectivity index (χ2n) is 4.57. The highest BCUT2D eigenvalue weighted by atomic mass is 16.4. The Morgan fingerprint density at radius 2 is 2.18 bits per heavy atom. The fourth-order valence-corrected chi connectivity index (χ4v) is 1.65. The van der Waals surface area contributed by atoms with E-state index in [0.717, 1.165) is 12.0 Å². The normalized spacial score (nSPS) is 11.9. The van der Waals surface area contributed by atoms with Crippen LogP contribution in [-0.2, 0) is 16.6 Å². The second-order valence-corrected chi connectivity index (χ2v) is 4.57. The predicted molar refractivity (Wildman–Crippen MR) is 63.0 cm³/mol. The average molecular weight is 233 g/mol. The van der Waals surface area contributed by atoms with Gasteiger partial charge in [0.25, 0.3) is 0 Å². The Kier molecular flexibility index (Phi) is 2.61. The standard InChI is InChI=1S/C12H15N3O2/c1-4-8-5-13-10-9(6-14-15(10)7-8)12(2,3)11(16)17/h5-7H,4H2,1-3H3,(H,16,17). The molecule has 17 heavy (non-hydrogen) atoms. The van der Waals surface area contributed by atoms with E-state index >= 15 is 0 Å².